The Hall–Kier alpha value is -1.78. The van der Waals surface area contributed by atoms with Gasteiger partial charge in [0.25, 0.3) is 0 Å². The third kappa shape index (κ3) is 8.12. The van der Waals surface area contributed by atoms with Gasteiger partial charge in [-0.15, -0.1) is 0 Å². The monoisotopic (exact) mass is 184 g/mol. The van der Waals surface area contributed by atoms with E-state index in [1.54, 1.807) is 0 Å². The number of carbonyl (C=O) groups excluding carboxylic acids is 2. The first-order valence-corrected chi connectivity index (χ1v) is 3.64. The highest BCUT2D eigenvalue weighted by Gasteiger charge is 1.92. The Kier molecular flexibility index (Phi) is 5.96. The maximum absolute atomic E-state index is 10.7. The first kappa shape index (κ1) is 11.2. The van der Waals surface area contributed by atoms with Gasteiger partial charge in [-0.1, -0.05) is 18.7 Å². The highest BCUT2D eigenvalue weighted by molar-refractivity contribution is 5.82. The third-order valence-corrected chi connectivity index (χ3v) is 0.992. The van der Waals surface area contributed by atoms with Crippen molar-refractivity contribution in [3.8, 4) is 0 Å². The molecule has 0 unspecified atom stereocenters. The average molecular weight is 184 g/mol. The number of hydrogen-bond donors (Lipinski definition) is 2. The number of rotatable bonds is 5. The van der Waals surface area contributed by atoms with Crippen LogP contribution in [0.5, 0.6) is 0 Å². The molecule has 0 aromatic heterocycles. The highest BCUT2D eigenvalue weighted by Crippen LogP contribution is 1.81. The van der Waals surface area contributed by atoms with Gasteiger partial charge in [-0.3, -0.25) is 0 Å². The zero-order chi connectivity index (χ0) is 10.1. The lowest BCUT2D eigenvalue weighted by molar-refractivity contribution is -0.136. The molecule has 72 valence electrons. The van der Waals surface area contributed by atoms with E-state index < -0.39 is 12.0 Å². The number of urea groups is 1. The molecular formula is C8H12N2O3. The van der Waals surface area contributed by atoms with Crippen LogP contribution in [0.1, 0.15) is 0 Å². The smallest absolute Gasteiger partial charge is 0.330 e. The van der Waals surface area contributed by atoms with Gasteiger partial charge in [0.2, 0.25) is 0 Å². The number of carbonyl (C=O) groups is 2. The summed E-state index contributed by atoms with van der Waals surface area (Å²) in [4.78, 5) is 20.9. The molecule has 0 aliphatic rings. The molecule has 0 bridgehead atoms. The summed E-state index contributed by atoms with van der Waals surface area (Å²) in [7, 11) is 0. The van der Waals surface area contributed by atoms with Crippen molar-refractivity contribution < 1.29 is 14.3 Å². The first-order chi connectivity index (χ1) is 6.16. The zero-order valence-electron chi connectivity index (χ0n) is 7.16. The topological polar surface area (TPSA) is 81.4 Å². The Bertz CT molecular complexity index is 223. The minimum atomic E-state index is -0.635. The Morgan fingerprint density at radius 1 is 1.54 bits per heavy atom. The van der Waals surface area contributed by atoms with E-state index in [1.165, 1.54) is 18.2 Å². The van der Waals surface area contributed by atoms with Gasteiger partial charge >= 0.3 is 12.0 Å². The largest absolute Gasteiger partial charge is 0.458 e. The standard InChI is InChI=1S/C8H12N2O3/c1-2-6-13-7(11)4-3-5-10-8(9)12/h2-4H,1,5-6H2,(H3,9,10,12). The third-order valence-electron chi connectivity index (χ3n) is 0.992. The van der Waals surface area contributed by atoms with Crippen molar-refractivity contribution in [3.63, 3.8) is 0 Å². The molecule has 0 aliphatic carbocycles. The lowest BCUT2D eigenvalue weighted by Crippen LogP contribution is -2.29. The maximum atomic E-state index is 10.7. The Labute approximate surface area is 76.2 Å². The van der Waals surface area contributed by atoms with Crippen LogP contribution >= 0.6 is 0 Å². The molecule has 5 nitrogen and oxygen atoms in total. The molecule has 0 heterocycles. The molecule has 0 fully saturated rings. The summed E-state index contributed by atoms with van der Waals surface area (Å²) in [5, 5.41) is 2.28. The second-order valence-electron chi connectivity index (χ2n) is 2.07. The molecule has 0 aromatic rings. The van der Waals surface area contributed by atoms with E-state index >= 15 is 0 Å². The predicted molar refractivity (Wildman–Crippen MR) is 47.9 cm³/mol. The van der Waals surface area contributed by atoms with E-state index in [0.29, 0.717) is 0 Å². The van der Waals surface area contributed by atoms with Gasteiger partial charge in [-0.2, -0.15) is 0 Å². The molecular weight excluding hydrogens is 172 g/mol. The van der Waals surface area contributed by atoms with E-state index in [9.17, 15) is 9.59 Å². The fourth-order valence-corrected chi connectivity index (χ4v) is 0.504. The number of ether oxygens (including phenoxy) is 1. The molecule has 3 N–H and O–H groups in total. The molecule has 0 rings (SSSR count). The summed E-state index contributed by atoms with van der Waals surface area (Å²) >= 11 is 0. The fourth-order valence-electron chi connectivity index (χ4n) is 0.504. The summed E-state index contributed by atoms with van der Waals surface area (Å²) in [6.07, 6.45) is 4.11. The molecule has 13 heavy (non-hydrogen) atoms. The van der Waals surface area contributed by atoms with Crippen LogP contribution in [0.2, 0.25) is 0 Å². The molecule has 0 aliphatic heterocycles. The van der Waals surface area contributed by atoms with Crippen molar-refractivity contribution in [3.05, 3.63) is 24.8 Å². The molecule has 0 aromatic carbocycles. The number of hydrogen-bond acceptors (Lipinski definition) is 3. The van der Waals surface area contributed by atoms with Crippen LogP contribution < -0.4 is 11.1 Å². The summed E-state index contributed by atoms with van der Waals surface area (Å²) in [5.41, 5.74) is 4.78. The van der Waals surface area contributed by atoms with Crippen LogP contribution in [-0.2, 0) is 9.53 Å². The van der Waals surface area contributed by atoms with Crippen molar-refractivity contribution in [2.75, 3.05) is 13.2 Å². The van der Waals surface area contributed by atoms with Crippen LogP contribution in [0.15, 0.2) is 24.8 Å². The van der Waals surface area contributed by atoms with Gasteiger partial charge in [-0.05, 0) is 0 Å². The quantitative estimate of drug-likeness (QED) is 0.357. The molecule has 0 saturated heterocycles. The predicted octanol–water partition coefficient (Wildman–Crippen LogP) is -0.0599. The Balaban J connectivity index is 3.53. The summed E-state index contributed by atoms with van der Waals surface area (Å²) in [6.45, 7) is 3.76. The molecule has 0 saturated carbocycles. The van der Waals surface area contributed by atoms with Gasteiger partial charge in [0.05, 0.1) is 0 Å². The Morgan fingerprint density at radius 2 is 2.23 bits per heavy atom. The van der Waals surface area contributed by atoms with E-state index in [4.69, 9.17) is 5.73 Å². The number of nitrogens with one attached hydrogen (secondary N) is 1. The number of primary amides is 1. The van der Waals surface area contributed by atoms with Crippen molar-refractivity contribution >= 4 is 12.0 Å². The second kappa shape index (κ2) is 6.90. The zero-order valence-corrected chi connectivity index (χ0v) is 7.16. The summed E-state index contributed by atoms with van der Waals surface area (Å²) < 4.78 is 4.61. The lowest BCUT2D eigenvalue weighted by Gasteiger charge is -1.96. The van der Waals surface area contributed by atoms with E-state index in [0.717, 1.165) is 0 Å². The normalized spacial score (nSPS) is 9.54. The first-order valence-electron chi connectivity index (χ1n) is 3.64. The van der Waals surface area contributed by atoms with Crippen LogP contribution in [0.25, 0.3) is 0 Å². The molecule has 0 atom stereocenters. The SMILES string of the molecule is C=CCOC(=O)C=CCNC(N)=O. The van der Waals surface area contributed by atoms with Gasteiger partial charge < -0.3 is 15.8 Å². The van der Waals surface area contributed by atoms with Crippen molar-refractivity contribution in [1.29, 1.82) is 0 Å². The second-order valence-corrected chi connectivity index (χ2v) is 2.07. The average Bonchev–Trinajstić information content (AvgIpc) is 2.08. The fraction of sp³-hybridized carbons (Fsp3) is 0.250. The minimum absolute atomic E-state index is 0.173. The van der Waals surface area contributed by atoms with Gasteiger partial charge in [0, 0.05) is 12.6 Å². The lowest BCUT2D eigenvalue weighted by atomic mass is 10.5. The van der Waals surface area contributed by atoms with Gasteiger partial charge in [0.15, 0.2) is 0 Å². The van der Waals surface area contributed by atoms with Crippen LogP contribution in [0.3, 0.4) is 0 Å². The number of nitrogens with two attached hydrogens (primary N) is 1. The number of amides is 2. The molecule has 0 spiro atoms. The maximum Gasteiger partial charge on any atom is 0.330 e. The van der Waals surface area contributed by atoms with Crippen LogP contribution in [-0.4, -0.2) is 25.2 Å². The van der Waals surface area contributed by atoms with Crippen LogP contribution in [0, 0.1) is 0 Å². The van der Waals surface area contributed by atoms with Crippen molar-refractivity contribution in [2.24, 2.45) is 5.73 Å². The summed E-state index contributed by atoms with van der Waals surface area (Å²) in [6, 6.07) is -0.635. The van der Waals surface area contributed by atoms with E-state index in [1.807, 2.05) is 0 Å². The van der Waals surface area contributed by atoms with Gasteiger partial charge in [0.1, 0.15) is 6.61 Å². The van der Waals surface area contributed by atoms with Crippen molar-refractivity contribution in [1.82, 2.24) is 5.32 Å². The highest BCUT2D eigenvalue weighted by atomic mass is 16.5. The van der Waals surface area contributed by atoms with E-state index in [-0.39, 0.29) is 13.2 Å². The molecule has 5 heteroatoms. The number of esters is 1. The van der Waals surface area contributed by atoms with Crippen molar-refractivity contribution in [2.45, 2.75) is 0 Å². The van der Waals surface area contributed by atoms with E-state index in [2.05, 4.69) is 16.6 Å². The Morgan fingerprint density at radius 3 is 2.77 bits per heavy atom. The summed E-state index contributed by atoms with van der Waals surface area (Å²) in [5.74, 6) is -0.480. The molecule has 2 amide bonds. The van der Waals surface area contributed by atoms with Crippen LogP contribution in [0.4, 0.5) is 4.79 Å². The minimum Gasteiger partial charge on any atom is -0.458 e. The molecule has 0 radical (unpaired) electrons. The van der Waals surface area contributed by atoms with Gasteiger partial charge in [-0.25, -0.2) is 9.59 Å².